The number of hydrogen-bond donors (Lipinski definition) is 4. The molecule has 0 radical (unpaired) electrons. The van der Waals surface area contributed by atoms with Crippen LogP contribution in [0.5, 0.6) is 11.5 Å². The van der Waals surface area contributed by atoms with Crippen molar-refractivity contribution in [2.45, 2.75) is 32.3 Å². The van der Waals surface area contributed by atoms with Crippen molar-refractivity contribution in [2.75, 3.05) is 32.1 Å². The van der Waals surface area contributed by atoms with E-state index in [9.17, 15) is 9.90 Å². The Labute approximate surface area is 204 Å². The van der Waals surface area contributed by atoms with Crippen molar-refractivity contribution < 1.29 is 19.4 Å². The van der Waals surface area contributed by atoms with Gasteiger partial charge in [-0.15, -0.1) is 0 Å². The zero-order valence-electron chi connectivity index (χ0n) is 20.0. The number of hydrogen-bond acceptors (Lipinski definition) is 8. The van der Waals surface area contributed by atoms with Gasteiger partial charge in [-0.1, -0.05) is 25.1 Å². The Morgan fingerprint density at radius 2 is 2.06 bits per heavy atom. The average Bonchev–Trinajstić information content (AvgIpc) is 2.86. The minimum absolute atomic E-state index is 0.0227. The third-order valence-electron chi connectivity index (χ3n) is 5.48. The third-order valence-corrected chi connectivity index (χ3v) is 5.48. The fraction of sp³-hybridized carbons (Fsp3) is 0.346. The molecule has 5 N–H and O–H groups in total. The van der Waals surface area contributed by atoms with Crippen LogP contribution in [0.4, 0.5) is 11.4 Å². The van der Waals surface area contributed by atoms with Crippen LogP contribution < -0.4 is 25.8 Å². The highest BCUT2D eigenvalue weighted by Crippen LogP contribution is 2.38. The minimum atomic E-state index is -0.776. The number of para-hydroxylation sites is 1. The van der Waals surface area contributed by atoms with Crippen molar-refractivity contribution in [3.8, 4) is 17.6 Å². The van der Waals surface area contributed by atoms with E-state index in [2.05, 4.69) is 22.5 Å². The fourth-order valence-corrected chi connectivity index (χ4v) is 3.73. The Bertz CT molecular complexity index is 1210. The SMILES string of the molecule is CCc1ccccc1Nc1c(CC(N)=O)cnc2cc(OC)c(OCC(O)CNCCC#N)cc12. The predicted octanol–water partition coefficient (Wildman–Crippen LogP) is 2.82. The molecular formula is C26H31N5O4. The number of fused-ring (bicyclic) bond motifs is 1. The molecule has 9 nitrogen and oxygen atoms in total. The summed E-state index contributed by atoms with van der Waals surface area (Å²) < 4.78 is 11.4. The Hall–Kier alpha value is -3.87. The number of nitrogens with two attached hydrogens (primary N) is 1. The minimum Gasteiger partial charge on any atom is -0.493 e. The molecule has 35 heavy (non-hydrogen) atoms. The Kier molecular flexibility index (Phi) is 9.23. The second kappa shape index (κ2) is 12.6. The summed E-state index contributed by atoms with van der Waals surface area (Å²) in [7, 11) is 1.53. The summed E-state index contributed by atoms with van der Waals surface area (Å²) in [5.74, 6) is 0.438. The topological polar surface area (TPSA) is 143 Å². The average molecular weight is 478 g/mol. The van der Waals surface area contributed by atoms with E-state index in [1.54, 1.807) is 18.3 Å². The molecule has 1 heterocycles. The van der Waals surface area contributed by atoms with E-state index in [4.69, 9.17) is 20.5 Å². The number of aliphatic hydroxyl groups excluding tert-OH is 1. The number of benzene rings is 2. The lowest BCUT2D eigenvalue weighted by Crippen LogP contribution is -2.31. The third kappa shape index (κ3) is 6.82. The molecule has 0 spiro atoms. The molecule has 1 aromatic heterocycles. The smallest absolute Gasteiger partial charge is 0.221 e. The number of methoxy groups -OCH3 is 1. The van der Waals surface area contributed by atoms with Crippen molar-refractivity contribution in [1.82, 2.24) is 10.3 Å². The molecule has 1 amide bonds. The maximum atomic E-state index is 11.8. The van der Waals surface area contributed by atoms with Gasteiger partial charge in [0.25, 0.3) is 0 Å². The molecule has 3 rings (SSSR count). The quantitative estimate of drug-likeness (QED) is 0.275. The van der Waals surface area contributed by atoms with Gasteiger partial charge in [0.1, 0.15) is 12.7 Å². The van der Waals surface area contributed by atoms with Gasteiger partial charge in [-0.3, -0.25) is 9.78 Å². The number of pyridine rings is 1. The molecule has 0 aliphatic carbocycles. The Morgan fingerprint density at radius 3 is 2.77 bits per heavy atom. The van der Waals surface area contributed by atoms with Gasteiger partial charge >= 0.3 is 0 Å². The number of aromatic nitrogens is 1. The molecule has 9 heteroatoms. The first-order valence-corrected chi connectivity index (χ1v) is 11.5. The maximum Gasteiger partial charge on any atom is 0.221 e. The number of primary amides is 1. The van der Waals surface area contributed by atoms with E-state index in [0.717, 1.165) is 23.1 Å². The molecule has 0 bridgehead atoms. The first kappa shape index (κ1) is 25.7. The molecule has 1 atom stereocenters. The summed E-state index contributed by atoms with van der Waals surface area (Å²) >= 11 is 0. The molecular weight excluding hydrogens is 446 g/mol. The number of aliphatic hydroxyl groups is 1. The number of ether oxygens (including phenoxy) is 2. The molecule has 0 aliphatic rings. The number of carbonyl (C=O) groups excluding carboxylic acids is 1. The first-order valence-electron chi connectivity index (χ1n) is 11.5. The second-order valence-electron chi connectivity index (χ2n) is 8.03. The Balaban J connectivity index is 1.98. The molecule has 3 aromatic rings. The van der Waals surface area contributed by atoms with Gasteiger partial charge in [-0.2, -0.15) is 5.26 Å². The summed E-state index contributed by atoms with van der Waals surface area (Å²) in [6.45, 7) is 2.89. The predicted molar refractivity (Wildman–Crippen MR) is 135 cm³/mol. The van der Waals surface area contributed by atoms with E-state index >= 15 is 0 Å². The molecule has 0 saturated carbocycles. The van der Waals surface area contributed by atoms with Gasteiger partial charge < -0.3 is 30.9 Å². The van der Waals surface area contributed by atoms with E-state index < -0.39 is 12.0 Å². The second-order valence-corrected chi connectivity index (χ2v) is 8.03. The van der Waals surface area contributed by atoms with Crippen molar-refractivity contribution in [3.63, 3.8) is 0 Å². The van der Waals surface area contributed by atoms with Crippen LogP contribution in [0.2, 0.25) is 0 Å². The lowest BCUT2D eigenvalue weighted by molar-refractivity contribution is -0.117. The standard InChI is InChI=1S/C26H31N5O4/c1-3-17-7-4-5-8-21(17)31-26-18(11-25(28)33)14-30-22-13-23(34-2)24(12-20(22)26)35-16-19(32)15-29-10-6-9-27/h4-5,7-8,12-14,19,29,32H,3,6,10-11,15-16H2,1-2H3,(H2,28,33)(H,30,31). The van der Waals surface area contributed by atoms with Gasteiger partial charge in [0.15, 0.2) is 11.5 Å². The Morgan fingerprint density at radius 1 is 1.26 bits per heavy atom. The highest BCUT2D eigenvalue weighted by atomic mass is 16.5. The number of aryl methyl sites for hydroxylation is 1. The number of nitrogens with one attached hydrogen (secondary N) is 2. The van der Waals surface area contributed by atoms with Crippen molar-refractivity contribution in [1.29, 1.82) is 5.26 Å². The van der Waals surface area contributed by atoms with Crippen LogP contribution in [0.15, 0.2) is 42.6 Å². The van der Waals surface area contributed by atoms with Gasteiger partial charge in [-0.05, 0) is 24.1 Å². The van der Waals surface area contributed by atoms with Crippen LogP contribution in [0.25, 0.3) is 10.9 Å². The van der Waals surface area contributed by atoms with Crippen LogP contribution in [-0.2, 0) is 17.6 Å². The van der Waals surface area contributed by atoms with Crippen molar-refractivity contribution in [2.24, 2.45) is 5.73 Å². The number of carbonyl (C=O) groups is 1. The van der Waals surface area contributed by atoms with E-state index in [-0.39, 0.29) is 13.0 Å². The summed E-state index contributed by atoms with van der Waals surface area (Å²) in [5.41, 5.74) is 9.58. The van der Waals surface area contributed by atoms with E-state index in [0.29, 0.717) is 47.8 Å². The van der Waals surface area contributed by atoms with Crippen LogP contribution >= 0.6 is 0 Å². The van der Waals surface area contributed by atoms with Crippen LogP contribution in [-0.4, -0.2) is 48.9 Å². The number of nitriles is 1. The summed E-state index contributed by atoms with van der Waals surface area (Å²) in [4.78, 5) is 16.3. The van der Waals surface area contributed by atoms with Crippen LogP contribution in [0.3, 0.4) is 0 Å². The number of amides is 1. The van der Waals surface area contributed by atoms with Gasteiger partial charge in [0.05, 0.1) is 30.8 Å². The number of rotatable bonds is 13. The highest BCUT2D eigenvalue weighted by Gasteiger charge is 2.17. The largest absolute Gasteiger partial charge is 0.493 e. The lowest BCUT2D eigenvalue weighted by Gasteiger charge is -2.19. The highest BCUT2D eigenvalue weighted by molar-refractivity contribution is 5.98. The molecule has 2 aromatic carbocycles. The summed E-state index contributed by atoms with van der Waals surface area (Å²) in [6, 6.07) is 13.5. The lowest BCUT2D eigenvalue weighted by atomic mass is 10.0. The van der Waals surface area contributed by atoms with Crippen LogP contribution in [0.1, 0.15) is 24.5 Å². The molecule has 1 unspecified atom stereocenters. The van der Waals surface area contributed by atoms with Crippen molar-refractivity contribution in [3.05, 3.63) is 53.7 Å². The monoisotopic (exact) mass is 477 g/mol. The molecule has 0 saturated heterocycles. The first-order chi connectivity index (χ1) is 17.0. The zero-order valence-corrected chi connectivity index (χ0v) is 20.0. The molecule has 184 valence electrons. The fourth-order valence-electron chi connectivity index (χ4n) is 3.73. The number of nitrogens with zero attached hydrogens (tertiary/aromatic N) is 2. The van der Waals surface area contributed by atoms with Gasteiger partial charge in [0, 0.05) is 48.4 Å². The molecule has 0 aliphatic heterocycles. The zero-order chi connectivity index (χ0) is 25.2. The van der Waals surface area contributed by atoms with E-state index in [1.807, 2.05) is 30.3 Å². The van der Waals surface area contributed by atoms with Crippen LogP contribution in [0, 0.1) is 11.3 Å². The normalized spacial score (nSPS) is 11.6. The van der Waals surface area contributed by atoms with Gasteiger partial charge in [-0.25, -0.2) is 0 Å². The van der Waals surface area contributed by atoms with Crippen molar-refractivity contribution >= 4 is 28.2 Å². The summed E-state index contributed by atoms with van der Waals surface area (Å²) in [6.07, 6.45) is 2.08. The molecule has 0 fully saturated rings. The maximum absolute atomic E-state index is 11.8. The number of anilines is 2. The van der Waals surface area contributed by atoms with Gasteiger partial charge in [0.2, 0.25) is 5.91 Å². The summed E-state index contributed by atoms with van der Waals surface area (Å²) in [5, 5.41) is 26.1. The van der Waals surface area contributed by atoms with E-state index in [1.165, 1.54) is 7.11 Å².